The second-order valence-electron chi connectivity index (χ2n) is 15.0. The molecule has 2 heterocycles. The van der Waals surface area contributed by atoms with Crippen LogP contribution in [0.3, 0.4) is 0 Å². The lowest BCUT2D eigenvalue weighted by Gasteiger charge is -2.17. The van der Waals surface area contributed by atoms with E-state index in [1.54, 1.807) is 6.08 Å². The third-order valence-electron chi connectivity index (χ3n) is 11.3. The Bertz CT molecular complexity index is 1830. The lowest BCUT2D eigenvalue weighted by Crippen LogP contribution is -2.39. The smallest absolute Gasteiger partial charge is 0.307 e. The molecule has 0 atom stereocenters. The first-order chi connectivity index (χ1) is 25.0. The van der Waals surface area contributed by atoms with Gasteiger partial charge in [0.2, 0.25) is 26.1 Å². The predicted molar refractivity (Wildman–Crippen MR) is 204 cm³/mol. The van der Waals surface area contributed by atoms with Gasteiger partial charge in [0, 0.05) is 18.8 Å². The summed E-state index contributed by atoms with van der Waals surface area (Å²) in [7, 11) is -6.87. The van der Waals surface area contributed by atoms with Gasteiger partial charge in [-0.25, -0.2) is 36.3 Å². The number of urea groups is 1. The number of carbonyl (C=O) groups excluding carboxylic acids is 2. The summed E-state index contributed by atoms with van der Waals surface area (Å²) < 4.78 is 47.8. The van der Waals surface area contributed by atoms with Crippen molar-refractivity contribution in [3.8, 4) is 0 Å². The summed E-state index contributed by atoms with van der Waals surface area (Å²) in [6.45, 7) is 5.02. The minimum Gasteiger partial charge on any atom is -0.307 e. The van der Waals surface area contributed by atoms with Gasteiger partial charge in [0.25, 0.3) is 0 Å². The molecule has 4 N–H and O–H groups in total. The fourth-order valence-corrected chi connectivity index (χ4v) is 10.2. The van der Waals surface area contributed by atoms with Crippen LogP contribution in [0.1, 0.15) is 95.9 Å². The number of likely N-dealkylation sites (tertiary alicyclic amines) is 2. The third kappa shape index (κ3) is 10.1. The summed E-state index contributed by atoms with van der Waals surface area (Å²) in [4.78, 5) is 31.1. The van der Waals surface area contributed by atoms with E-state index in [9.17, 15) is 26.4 Å². The molecule has 6 aliphatic rings. The second kappa shape index (κ2) is 17.3. The summed E-state index contributed by atoms with van der Waals surface area (Å²) in [6, 6.07) is 4.01. The number of nitrogens with zero attached hydrogens (tertiary/aromatic N) is 3. The number of sulfonamides is 2. The first-order valence-corrected chi connectivity index (χ1v) is 22.5. The molecule has 0 aromatic heterocycles. The highest BCUT2D eigenvalue weighted by molar-refractivity contribution is 7.90. The molecule has 284 valence electrons. The number of fused-ring (bicyclic) bond motifs is 4. The molecule has 2 aliphatic heterocycles. The van der Waals surface area contributed by atoms with Gasteiger partial charge in [-0.1, -0.05) is 12.1 Å². The zero-order valence-corrected chi connectivity index (χ0v) is 31.9. The van der Waals surface area contributed by atoms with Crippen molar-refractivity contribution in [1.82, 2.24) is 14.5 Å². The molecule has 12 nitrogen and oxygen atoms in total. The molecule has 0 spiro atoms. The van der Waals surface area contributed by atoms with Gasteiger partial charge in [-0.2, -0.15) is 4.99 Å². The number of aliphatic imine (C=N–C) groups is 1. The van der Waals surface area contributed by atoms with Gasteiger partial charge in [0.1, 0.15) is 0 Å². The monoisotopic (exact) mass is 754 g/mol. The molecular weight excluding hydrogens is 701 g/mol. The number of hydrogen-bond donors (Lipinski definition) is 3. The molecule has 52 heavy (non-hydrogen) atoms. The summed E-state index contributed by atoms with van der Waals surface area (Å²) >= 11 is 0. The molecule has 14 heteroatoms. The molecule has 0 saturated carbocycles. The van der Waals surface area contributed by atoms with E-state index < -0.39 is 26.1 Å². The first kappa shape index (κ1) is 38.6. The quantitative estimate of drug-likeness (QED) is 0.253. The van der Waals surface area contributed by atoms with E-state index in [4.69, 9.17) is 5.14 Å². The number of carbonyl (C=O) groups is 1. The van der Waals surface area contributed by atoms with E-state index in [1.165, 1.54) is 70.2 Å². The number of nitrogens with two attached hydrogens (primary N) is 1. The highest BCUT2D eigenvalue weighted by Gasteiger charge is 2.27. The van der Waals surface area contributed by atoms with Gasteiger partial charge in [-0.3, -0.25) is 0 Å². The number of hydrogen-bond acceptors (Lipinski definition) is 9. The maximum absolute atomic E-state index is 12.4. The van der Waals surface area contributed by atoms with E-state index in [0.717, 1.165) is 115 Å². The first-order valence-electron chi connectivity index (χ1n) is 19.2. The number of primary sulfonamides is 1. The molecule has 2 saturated heterocycles. The standard InChI is InChI=1S/C19H27N3O3S.C13H13NO.C6H14N2O2S/c23-19(21-26(24,25)12-11-22-9-1-2-10-22)20-18-16-7-3-5-14(16)13-15-6-4-8-17(15)18;15-8-14-13-11-5-1-3-9(11)7-10-4-2-6-12(10)13;7-11(9,10)6-5-8-3-1-2-4-8/h13H,1-12H2,(H2,20,21,23);7H,1-6H2;1-6H2,(H2,7,9,10). The summed E-state index contributed by atoms with van der Waals surface area (Å²) in [5.41, 5.74) is 12.4. The molecule has 2 aromatic carbocycles. The van der Waals surface area contributed by atoms with Crippen molar-refractivity contribution < 1.29 is 26.4 Å². The number of rotatable bonds is 9. The van der Waals surface area contributed by atoms with E-state index in [1.807, 2.05) is 0 Å². The Balaban J connectivity index is 0.000000150. The zero-order valence-electron chi connectivity index (χ0n) is 30.3. The van der Waals surface area contributed by atoms with Crippen LogP contribution < -0.4 is 15.2 Å². The maximum atomic E-state index is 12.4. The van der Waals surface area contributed by atoms with Gasteiger partial charge >= 0.3 is 6.03 Å². The van der Waals surface area contributed by atoms with Gasteiger partial charge < -0.3 is 15.1 Å². The summed E-state index contributed by atoms with van der Waals surface area (Å²) in [5, 5.41) is 7.74. The Morgan fingerprint density at radius 2 is 1.08 bits per heavy atom. The SMILES string of the molecule is NS(=O)(=O)CCN1CCCC1.O=C(Nc1c2c(cc3c1CCC3)CCC2)NS(=O)(=O)CCN1CCCC1.O=C=Nc1c2c(cc3c1CCC3)CCC2. The van der Waals surface area contributed by atoms with Crippen molar-refractivity contribution >= 4 is 43.5 Å². The van der Waals surface area contributed by atoms with Gasteiger partial charge in [-0.05, 0) is 173 Å². The Kier molecular flexibility index (Phi) is 12.9. The van der Waals surface area contributed by atoms with Crippen LogP contribution >= 0.6 is 0 Å². The molecule has 4 aliphatic carbocycles. The summed E-state index contributed by atoms with van der Waals surface area (Å²) in [5.74, 6) is 0.0540. The van der Waals surface area contributed by atoms with Crippen molar-refractivity contribution in [2.45, 2.75) is 103 Å². The molecule has 0 bridgehead atoms. The number of benzene rings is 2. The van der Waals surface area contributed by atoms with E-state index in [-0.39, 0.29) is 11.5 Å². The molecule has 8 rings (SSSR count). The van der Waals surface area contributed by atoms with E-state index >= 15 is 0 Å². The Labute approximate surface area is 309 Å². The Hall–Kier alpha value is -3.13. The number of aryl methyl sites for hydroxylation is 4. The van der Waals surface area contributed by atoms with Crippen molar-refractivity contribution in [3.05, 3.63) is 56.6 Å². The van der Waals surface area contributed by atoms with Crippen LogP contribution in [0.5, 0.6) is 0 Å². The minimum atomic E-state index is -3.62. The van der Waals surface area contributed by atoms with Crippen LogP contribution in [0.25, 0.3) is 0 Å². The lowest BCUT2D eigenvalue weighted by atomic mass is 9.99. The predicted octanol–water partition coefficient (Wildman–Crippen LogP) is 4.21. The molecule has 0 radical (unpaired) electrons. The Morgan fingerprint density at radius 3 is 1.52 bits per heavy atom. The minimum absolute atomic E-state index is 0.0363. The van der Waals surface area contributed by atoms with Crippen LogP contribution in [-0.2, 0) is 76.2 Å². The topological polar surface area (TPSA) is 171 Å². The van der Waals surface area contributed by atoms with Crippen LogP contribution in [0, 0.1) is 0 Å². The fraction of sp³-hybridized carbons (Fsp3) is 0.632. The number of anilines is 1. The van der Waals surface area contributed by atoms with Crippen molar-refractivity contribution in [1.29, 1.82) is 0 Å². The summed E-state index contributed by atoms with van der Waals surface area (Å²) in [6.07, 6.45) is 19.5. The molecular formula is C38H54N6O6S2. The van der Waals surface area contributed by atoms with Crippen molar-refractivity contribution in [2.75, 3.05) is 56.1 Å². The molecule has 2 amide bonds. The van der Waals surface area contributed by atoms with Crippen molar-refractivity contribution in [3.63, 3.8) is 0 Å². The van der Waals surface area contributed by atoms with E-state index in [0.29, 0.717) is 13.1 Å². The number of amides is 2. The lowest BCUT2D eigenvalue weighted by molar-refractivity contribution is 0.256. The molecule has 2 fully saturated rings. The van der Waals surface area contributed by atoms with Crippen LogP contribution in [0.2, 0.25) is 0 Å². The largest absolute Gasteiger partial charge is 0.332 e. The van der Waals surface area contributed by atoms with Crippen LogP contribution in [-0.4, -0.2) is 89.5 Å². The zero-order chi connectivity index (χ0) is 36.7. The average Bonchev–Trinajstić information content (AvgIpc) is 3.95. The van der Waals surface area contributed by atoms with E-state index in [2.05, 4.69) is 37.0 Å². The Morgan fingerprint density at radius 1 is 0.654 bits per heavy atom. The van der Waals surface area contributed by atoms with Gasteiger partial charge in [0.15, 0.2) is 0 Å². The average molecular weight is 755 g/mol. The normalized spacial score (nSPS) is 19.0. The van der Waals surface area contributed by atoms with Crippen LogP contribution in [0.4, 0.5) is 16.2 Å². The fourth-order valence-electron chi connectivity index (χ4n) is 8.78. The van der Waals surface area contributed by atoms with Crippen molar-refractivity contribution in [2.24, 2.45) is 10.1 Å². The van der Waals surface area contributed by atoms with Gasteiger partial charge in [-0.15, -0.1) is 0 Å². The maximum Gasteiger partial charge on any atom is 0.332 e. The highest BCUT2D eigenvalue weighted by Crippen LogP contribution is 2.40. The highest BCUT2D eigenvalue weighted by atomic mass is 32.2. The number of isocyanates is 1. The molecule has 2 aromatic rings. The second-order valence-corrected chi connectivity index (χ2v) is 18.6. The molecule has 0 unspecified atom stereocenters. The van der Waals surface area contributed by atoms with Gasteiger partial charge in [0.05, 0.1) is 17.2 Å². The number of nitrogens with one attached hydrogen (secondary N) is 2. The van der Waals surface area contributed by atoms with Crippen LogP contribution in [0.15, 0.2) is 17.1 Å². The third-order valence-corrected chi connectivity index (χ3v) is 13.3.